The summed E-state index contributed by atoms with van der Waals surface area (Å²) >= 11 is 5.91. The van der Waals surface area contributed by atoms with E-state index in [-0.39, 0.29) is 18.1 Å². The van der Waals surface area contributed by atoms with Gasteiger partial charge >= 0.3 is 6.36 Å². The van der Waals surface area contributed by atoms with Gasteiger partial charge in [0, 0.05) is 26.2 Å². The number of aromatic nitrogens is 1. The number of hydrogen-bond donors (Lipinski definition) is 0. The number of hydrogen-bond acceptors (Lipinski definition) is 4. The van der Waals surface area contributed by atoms with E-state index in [1.165, 1.54) is 24.3 Å². The smallest absolute Gasteiger partial charge is 0.406 e. The van der Waals surface area contributed by atoms with Gasteiger partial charge in [0.05, 0.1) is 6.42 Å². The van der Waals surface area contributed by atoms with Crippen LogP contribution in [0.4, 0.5) is 19.0 Å². The fourth-order valence-corrected chi connectivity index (χ4v) is 3.01. The van der Waals surface area contributed by atoms with Crippen molar-refractivity contribution in [3.8, 4) is 5.75 Å². The molecule has 1 amide bonds. The number of halogens is 4. The molecule has 1 fully saturated rings. The molecule has 0 aliphatic carbocycles. The van der Waals surface area contributed by atoms with E-state index in [4.69, 9.17) is 11.6 Å². The van der Waals surface area contributed by atoms with Crippen LogP contribution in [0.3, 0.4) is 0 Å². The summed E-state index contributed by atoms with van der Waals surface area (Å²) in [7, 11) is 0. The number of anilines is 1. The van der Waals surface area contributed by atoms with E-state index in [9.17, 15) is 18.0 Å². The van der Waals surface area contributed by atoms with Gasteiger partial charge in [-0.15, -0.1) is 13.2 Å². The number of pyridine rings is 1. The van der Waals surface area contributed by atoms with Gasteiger partial charge in [-0.05, 0) is 29.8 Å². The van der Waals surface area contributed by atoms with Gasteiger partial charge in [-0.3, -0.25) is 4.79 Å². The van der Waals surface area contributed by atoms with Crippen LogP contribution in [0, 0.1) is 0 Å². The molecule has 0 unspecified atom stereocenters. The Morgan fingerprint density at radius 2 is 1.74 bits per heavy atom. The molecule has 2 aromatic rings. The molecule has 1 aromatic carbocycles. The Hall–Kier alpha value is -2.48. The molecule has 5 nitrogen and oxygen atoms in total. The lowest BCUT2D eigenvalue weighted by molar-refractivity contribution is -0.274. The zero-order valence-corrected chi connectivity index (χ0v) is 15.0. The third-order valence-corrected chi connectivity index (χ3v) is 4.38. The SMILES string of the molecule is O=C(Cc1ccc(OC(F)(F)F)cc1)N1CCN(c2cccc(Cl)n2)CC1. The molecule has 0 spiro atoms. The van der Waals surface area contributed by atoms with Crippen molar-refractivity contribution in [2.75, 3.05) is 31.1 Å². The normalized spacial score (nSPS) is 15.0. The average molecular weight is 400 g/mol. The summed E-state index contributed by atoms with van der Waals surface area (Å²) in [4.78, 5) is 20.5. The van der Waals surface area contributed by atoms with Crippen molar-refractivity contribution in [1.29, 1.82) is 0 Å². The van der Waals surface area contributed by atoms with Crippen LogP contribution in [0.1, 0.15) is 5.56 Å². The highest BCUT2D eigenvalue weighted by Crippen LogP contribution is 2.23. The number of carbonyl (C=O) groups is 1. The summed E-state index contributed by atoms with van der Waals surface area (Å²) < 4.78 is 40.3. The summed E-state index contributed by atoms with van der Waals surface area (Å²) in [5.41, 5.74) is 0.633. The first-order chi connectivity index (χ1) is 12.8. The highest BCUT2D eigenvalue weighted by atomic mass is 35.5. The number of benzene rings is 1. The highest BCUT2D eigenvalue weighted by molar-refractivity contribution is 6.29. The first-order valence-electron chi connectivity index (χ1n) is 8.30. The Morgan fingerprint density at radius 1 is 1.07 bits per heavy atom. The topological polar surface area (TPSA) is 45.7 Å². The van der Waals surface area contributed by atoms with Crippen LogP contribution >= 0.6 is 11.6 Å². The Morgan fingerprint density at radius 3 is 2.33 bits per heavy atom. The third kappa shape index (κ3) is 5.50. The molecule has 0 saturated carbocycles. The second-order valence-electron chi connectivity index (χ2n) is 6.05. The van der Waals surface area contributed by atoms with E-state index >= 15 is 0 Å². The van der Waals surface area contributed by atoms with Crippen LogP contribution < -0.4 is 9.64 Å². The monoisotopic (exact) mass is 399 g/mol. The molecule has 144 valence electrons. The van der Waals surface area contributed by atoms with Gasteiger partial charge in [0.15, 0.2) is 0 Å². The molecular formula is C18H17ClF3N3O2. The minimum atomic E-state index is -4.73. The zero-order valence-electron chi connectivity index (χ0n) is 14.2. The molecular weight excluding hydrogens is 383 g/mol. The molecule has 1 saturated heterocycles. The third-order valence-electron chi connectivity index (χ3n) is 4.17. The Kier molecular flexibility index (Phi) is 5.74. The van der Waals surface area contributed by atoms with Gasteiger partial charge < -0.3 is 14.5 Å². The predicted molar refractivity (Wildman–Crippen MR) is 94.9 cm³/mol. The molecule has 9 heteroatoms. The minimum absolute atomic E-state index is 0.0711. The van der Waals surface area contributed by atoms with Crippen LogP contribution in [-0.2, 0) is 11.2 Å². The molecule has 1 aromatic heterocycles. The Labute approximate surface area is 159 Å². The first kappa shape index (κ1) is 19.3. The van der Waals surface area contributed by atoms with Gasteiger partial charge in [0.25, 0.3) is 0 Å². The summed E-state index contributed by atoms with van der Waals surface area (Å²) in [6.07, 6.45) is -4.60. The van der Waals surface area contributed by atoms with Crippen molar-refractivity contribution in [1.82, 2.24) is 9.88 Å². The molecule has 2 heterocycles. The summed E-state index contributed by atoms with van der Waals surface area (Å²) in [6, 6.07) is 10.7. The largest absolute Gasteiger partial charge is 0.573 e. The van der Waals surface area contributed by atoms with Crippen molar-refractivity contribution >= 4 is 23.3 Å². The van der Waals surface area contributed by atoms with E-state index in [1.54, 1.807) is 11.0 Å². The Bertz CT molecular complexity index is 791. The summed E-state index contributed by atoms with van der Waals surface area (Å²) in [5, 5.41) is 0.420. The van der Waals surface area contributed by atoms with Crippen molar-refractivity contribution in [2.45, 2.75) is 12.8 Å². The van der Waals surface area contributed by atoms with Crippen LogP contribution in [0.15, 0.2) is 42.5 Å². The van der Waals surface area contributed by atoms with Crippen molar-refractivity contribution < 1.29 is 22.7 Å². The maximum Gasteiger partial charge on any atom is 0.573 e. The van der Waals surface area contributed by atoms with Crippen LogP contribution in [0.25, 0.3) is 0 Å². The lowest BCUT2D eigenvalue weighted by Gasteiger charge is -2.35. The zero-order chi connectivity index (χ0) is 19.4. The van der Waals surface area contributed by atoms with E-state index in [0.29, 0.717) is 36.9 Å². The molecule has 1 aliphatic rings. The number of amides is 1. The predicted octanol–water partition coefficient (Wildman–Crippen LogP) is 3.52. The van der Waals surface area contributed by atoms with E-state index in [0.717, 1.165) is 5.82 Å². The van der Waals surface area contributed by atoms with Gasteiger partial charge in [-0.25, -0.2) is 4.98 Å². The summed E-state index contributed by atoms with van der Waals surface area (Å²) in [6.45, 7) is 2.36. The summed E-state index contributed by atoms with van der Waals surface area (Å²) in [5.74, 6) is 0.398. The van der Waals surface area contributed by atoms with Crippen LogP contribution in [0.5, 0.6) is 5.75 Å². The standard InChI is InChI=1S/C18H17ClF3N3O2/c19-15-2-1-3-16(23-15)24-8-10-25(11-9-24)17(26)12-13-4-6-14(7-5-13)27-18(20,21)22/h1-7H,8-12H2. The Balaban J connectivity index is 1.52. The van der Waals surface area contributed by atoms with E-state index in [1.807, 2.05) is 12.1 Å². The molecule has 0 bridgehead atoms. The van der Waals surface area contributed by atoms with Crippen molar-refractivity contribution in [2.24, 2.45) is 0 Å². The number of rotatable bonds is 4. The lowest BCUT2D eigenvalue weighted by Crippen LogP contribution is -2.49. The van der Waals surface area contributed by atoms with Crippen molar-refractivity contribution in [3.63, 3.8) is 0 Å². The fourth-order valence-electron chi connectivity index (χ4n) is 2.85. The van der Waals surface area contributed by atoms with E-state index < -0.39 is 6.36 Å². The molecule has 1 aliphatic heterocycles. The molecule has 0 radical (unpaired) electrons. The number of carbonyl (C=O) groups excluding carboxylic acids is 1. The van der Waals surface area contributed by atoms with Gasteiger partial charge in [-0.2, -0.15) is 0 Å². The number of nitrogens with zero attached hydrogens (tertiary/aromatic N) is 3. The fraction of sp³-hybridized carbons (Fsp3) is 0.333. The quantitative estimate of drug-likeness (QED) is 0.738. The minimum Gasteiger partial charge on any atom is -0.406 e. The lowest BCUT2D eigenvalue weighted by atomic mass is 10.1. The number of piperazine rings is 1. The first-order valence-corrected chi connectivity index (χ1v) is 8.68. The van der Waals surface area contributed by atoms with Crippen LogP contribution in [0.2, 0.25) is 5.15 Å². The van der Waals surface area contributed by atoms with Gasteiger partial charge in [0.2, 0.25) is 5.91 Å². The molecule has 3 rings (SSSR count). The molecule has 0 N–H and O–H groups in total. The second-order valence-corrected chi connectivity index (χ2v) is 6.44. The average Bonchev–Trinajstić information content (AvgIpc) is 2.62. The maximum atomic E-state index is 12.4. The number of alkyl halides is 3. The van der Waals surface area contributed by atoms with E-state index in [2.05, 4.69) is 14.6 Å². The molecule has 0 atom stereocenters. The number of ether oxygens (including phenoxy) is 1. The van der Waals surface area contributed by atoms with Gasteiger partial charge in [0.1, 0.15) is 16.7 Å². The maximum absolute atomic E-state index is 12.4. The second kappa shape index (κ2) is 8.04. The van der Waals surface area contributed by atoms with Gasteiger partial charge in [-0.1, -0.05) is 29.8 Å². The molecule has 27 heavy (non-hydrogen) atoms. The van der Waals surface area contributed by atoms with Crippen molar-refractivity contribution in [3.05, 3.63) is 53.2 Å². The highest BCUT2D eigenvalue weighted by Gasteiger charge is 2.31. The van der Waals surface area contributed by atoms with Crippen LogP contribution in [-0.4, -0.2) is 48.3 Å².